The number of benzene rings is 1. The van der Waals surface area contributed by atoms with Gasteiger partial charge in [-0.15, -0.1) is 11.3 Å². The fourth-order valence-corrected chi connectivity index (χ4v) is 3.23. The molecule has 3 aromatic rings. The lowest BCUT2D eigenvalue weighted by molar-refractivity contribution is -0.111. The quantitative estimate of drug-likeness (QED) is 0.717. The predicted molar refractivity (Wildman–Crippen MR) is 99.4 cm³/mol. The van der Waals surface area contributed by atoms with Crippen LogP contribution in [-0.2, 0) is 11.8 Å². The van der Waals surface area contributed by atoms with Crippen LogP contribution in [0.2, 0.25) is 0 Å². The molecule has 0 fully saturated rings. The number of fused-ring (bicyclic) bond motifs is 1. The van der Waals surface area contributed by atoms with Gasteiger partial charge in [0.05, 0.1) is 11.9 Å². The third-order valence-electron chi connectivity index (χ3n) is 3.72. The summed E-state index contributed by atoms with van der Waals surface area (Å²) < 4.78 is 12.8. The van der Waals surface area contributed by atoms with E-state index in [-0.39, 0.29) is 5.91 Å². The second-order valence-corrected chi connectivity index (χ2v) is 6.52. The van der Waals surface area contributed by atoms with Crippen LogP contribution in [0.15, 0.2) is 42.0 Å². The first-order valence-electron chi connectivity index (χ1n) is 8.01. The van der Waals surface area contributed by atoms with Crippen molar-refractivity contribution in [1.29, 1.82) is 0 Å². The highest BCUT2D eigenvalue weighted by atomic mass is 32.1. The maximum absolute atomic E-state index is 12.0. The Morgan fingerprint density at radius 3 is 2.96 bits per heavy atom. The predicted octanol–water partition coefficient (Wildman–Crippen LogP) is 2.97. The third-order valence-corrected chi connectivity index (χ3v) is 4.48. The number of ether oxygens (including phenoxy) is 2. The van der Waals surface area contributed by atoms with Crippen LogP contribution in [0.25, 0.3) is 17.3 Å². The van der Waals surface area contributed by atoms with Gasteiger partial charge in [0, 0.05) is 35.8 Å². The van der Waals surface area contributed by atoms with Gasteiger partial charge in [-0.1, -0.05) is 0 Å². The number of aromatic nitrogens is 3. The molecule has 0 atom stereocenters. The van der Waals surface area contributed by atoms with Crippen LogP contribution in [-0.4, -0.2) is 33.9 Å². The lowest BCUT2D eigenvalue weighted by Gasteiger charge is -2.18. The van der Waals surface area contributed by atoms with Crippen molar-refractivity contribution >= 4 is 28.5 Å². The molecule has 0 aliphatic carbocycles. The number of rotatable bonds is 4. The van der Waals surface area contributed by atoms with E-state index >= 15 is 0 Å². The normalized spacial score (nSPS) is 13.1. The third kappa shape index (κ3) is 3.60. The van der Waals surface area contributed by atoms with Gasteiger partial charge in [-0.3, -0.25) is 14.8 Å². The zero-order valence-corrected chi connectivity index (χ0v) is 14.8. The van der Waals surface area contributed by atoms with Crippen LogP contribution in [0.4, 0.5) is 5.13 Å². The topological polar surface area (TPSA) is 78.3 Å². The zero-order chi connectivity index (χ0) is 17.9. The molecule has 1 aromatic carbocycles. The number of carbonyl (C=O) groups is 1. The number of hydrogen-bond acceptors (Lipinski definition) is 6. The van der Waals surface area contributed by atoms with Gasteiger partial charge in [0.2, 0.25) is 5.91 Å². The molecule has 1 aliphatic rings. The average Bonchev–Trinajstić information content (AvgIpc) is 3.28. The van der Waals surface area contributed by atoms with E-state index in [1.54, 1.807) is 17.0 Å². The summed E-state index contributed by atoms with van der Waals surface area (Å²) in [4.78, 5) is 16.5. The Bertz CT molecular complexity index is 976. The maximum atomic E-state index is 12.0. The number of thiazole rings is 1. The first kappa shape index (κ1) is 16.3. The number of carbonyl (C=O) groups excluding carboxylic acids is 1. The monoisotopic (exact) mass is 368 g/mol. The van der Waals surface area contributed by atoms with Gasteiger partial charge in [0.1, 0.15) is 13.2 Å². The summed E-state index contributed by atoms with van der Waals surface area (Å²) in [5.74, 6) is 1.22. The van der Waals surface area contributed by atoms with E-state index in [2.05, 4.69) is 15.4 Å². The van der Waals surface area contributed by atoms with Crippen molar-refractivity contribution in [3.8, 4) is 22.8 Å². The van der Waals surface area contributed by atoms with Crippen LogP contribution in [0.5, 0.6) is 11.5 Å². The largest absolute Gasteiger partial charge is 0.486 e. The molecule has 2 aromatic heterocycles. The molecule has 0 bridgehead atoms. The average molecular weight is 368 g/mol. The Hall–Kier alpha value is -3.13. The Labute approximate surface area is 153 Å². The molecule has 3 heterocycles. The number of nitrogens with zero attached hydrogens (tertiary/aromatic N) is 3. The van der Waals surface area contributed by atoms with Crippen molar-refractivity contribution < 1.29 is 14.3 Å². The van der Waals surface area contributed by atoms with Gasteiger partial charge in [0.25, 0.3) is 0 Å². The van der Waals surface area contributed by atoms with Crippen molar-refractivity contribution in [3.63, 3.8) is 0 Å². The molecular weight excluding hydrogens is 352 g/mol. The zero-order valence-electron chi connectivity index (χ0n) is 14.0. The standard InChI is InChI=1S/C18H16N4O3S/c1-22-10-12(9-19-22)2-5-17(23)21-18-20-14(11-26-18)13-3-4-15-16(8-13)25-7-6-24-15/h2-5,8-11H,6-7H2,1H3,(H,20,21,23). The van der Waals surface area contributed by atoms with Crippen LogP contribution in [0.3, 0.4) is 0 Å². The molecule has 1 aliphatic heterocycles. The molecule has 26 heavy (non-hydrogen) atoms. The van der Waals surface area contributed by atoms with Gasteiger partial charge < -0.3 is 9.47 Å². The van der Waals surface area contributed by atoms with Crippen molar-refractivity contribution in [3.05, 3.63) is 47.6 Å². The first-order valence-corrected chi connectivity index (χ1v) is 8.88. The molecule has 1 amide bonds. The molecule has 132 valence electrons. The van der Waals surface area contributed by atoms with Gasteiger partial charge >= 0.3 is 0 Å². The second kappa shape index (κ2) is 7.01. The smallest absolute Gasteiger partial charge is 0.250 e. The number of hydrogen-bond donors (Lipinski definition) is 1. The molecule has 0 unspecified atom stereocenters. The number of aryl methyl sites for hydroxylation is 1. The van der Waals surface area contributed by atoms with Crippen molar-refractivity contribution in [2.45, 2.75) is 0 Å². The fourth-order valence-electron chi connectivity index (χ4n) is 2.51. The molecule has 4 rings (SSSR count). The highest BCUT2D eigenvalue weighted by molar-refractivity contribution is 7.14. The molecule has 7 nitrogen and oxygen atoms in total. The SMILES string of the molecule is Cn1cc(C=CC(=O)Nc2nc(-c3ccc4c(c3)OCCO4)cs2)cn1. The summed E-state index contributed by atoms with van der Waals surface area (Å²) in [6.45, 7) is 1.10. The Balaban J connectivity index is 1.44. The molecule has 0 spiro atoms. The second-order valence-electron chi connectivity index (χ2n) is 5.67. The van der Waals surface area contributed by atoms with Crippen LogP contribution in [0, 0.1) is 0 Å². The molecule has 0 saturated carbocycles. The molecule has 0 radical (unpaired) electrons. The fraction of sp³-hybridized carbons (Fsp3) is 0.167. The minimum atomic E-state index is -0.239. The van der Waals surface area contributed by atoms with Crippen LogP contribution < -0.4 is 14.8 Å². The van der Waals surface area contributed by atoms with Crippen molar-refractivity contribution in [1.82, 2.24) is 14.8 Å². The first-order chi connectivity index (χ1) is 12.7. The molecule has 1 N–H and O–H groups in total. The molecule has 0 saturated heterocycles. The Kier molecular flexibility index (Phi) is 4.40. The summed E-state index contributed by atoms with van der Waals surface area (Å²) in [7, 11) is 1.83. The number of amides is 1. The highest BCUT2D eigenvalue weighted by Crippen LogP contribution is 2.35. The Morgan fingerprint density at radius 1 is 1.31 bits per heavy atom. The molecular formula is C18H16N4O3S. The van der Waals surface area contributed by atoms with E-state index in [9.17, 15) is 4.79 Å². The van der Waals surface area contributed by atoms with Gasteiger partial charge in [-0.25, -0.2) is 4.98 Å². The highest BCUT2D eigenvalue weighted by Gasteiger charge is 2.14. The van der Waals surface area contributed by atoms with Gasteiger partial charge in [-0.05, 0) is 24.3 Å². The van der Waals surface area contributed by atoms with Gasteiger partial charge in [0.15, 0.2) is 16.6 Å². The van der Waals surface area contributed by atoms with E-state index in [0.717, 1.165) is 22.6 Å². The summed E-state index contributed by atoms with van der Waals surface area (Å²) in [6, 6.07) is 5.70. The Morgan fingerprint density at radius 2 is 2.15 bits per heavy atom. The van der Waals surface area contributed by atoms with E-state index in [1.165, 1.54) is 17.4 Å². The van der Waals surface area contributed by atoms with Crippen molar-refractivity contribution in [2.75, 3.05) is 18.5 Å². The lowest BCUT2D eigenvalue weighted by atomic mass is 10.1. The summed E-state index contributed by atoms with van der Waals surface area (Å²) in [6.07, 6.45) is 6.68. The summed E-state index contributed by atoms with van der Waals surface area (Å²) >= 11 is 1.37. The van der Waals surface area contributed by atoms with Gasteiger partial charge in [-0.2, -0.15) is 5.10 Å². The van der Waals surface area contributed by atoms with E-state index in [1.807, 2.05) is 36.8 Å². The minimum Gasteiger partial charge on any atom is -0.486 e. The van der Waals surface area contributed by atoms with Crippen LogP contribution >= 0.6 is 11.3 Å². The summed E-state index contributed by atoms with van der Waals surface area (Å²) in [5, 5.41) is 9.25. The molecule has 8 heteroatoms. The minimum absolute atomic E-state index is 0.239. The van der Waals surface area contributed by atoms with E-state index in [0.29, 0.717) is 24.1 Å². The van der Waals surface area contributed by atoms with E-state index < -0.39 is 0 Å². The van der Waals surface area contributed by atoms with Crippen LogP contribution in [0.1, 0.15) is 5.56 Å². The summed E-state index contributed by atoms with van der Waals surface area (Å²) in [5.41, 5.74) is 2.55. The number of anilines is 1. The lowest BCUT2D eigenvalue weighted by Crippen LogP contribution is -2.15. The van der Waals surface area contributed by atoms with E-state index in [4.69, 9.17) is 9.47 Å². The number of nitrogens with one attached hydrogen (secondary N) is 1. The maximum Gasteiger partial charge on any atom is 0.250 e. The van der Waals surface area contributed by atoms with Crippen molar-refractivity contribution in [2.24, 2.45) is 7.05 Å².